The molecule has 0 aliphatic heterocycles. The lowest BCUT2D eigenvalue weighted by Crippen LogP contribution is -2.19. The summed E-state index contributed by atoms with van der Waals surface area (Å²) in [6.45, 7) is 0.0732. The monoisotopic (exact) mass is 302 g/mol. The Balaban J connectivity index is 2.01. The fraction of sp³-hybridized carbons (Fsp3) is 0.133. The highest BCUT2D eigenvalue weighted by atomic mass is 16.5. The first-order valence-electron chi connectivity index (χ1n) is 6.41. The quantitative estimate of drug-likeness (QED) is 0.779. The third-order valence-corrected chi connectivity index (χ3v) is 2.78. The summed E-state index contributed by atoms with van der Waals surface area (Å²) in [6.07, 6.45) is -1.27. The number of carboxylic acids is 1. The van der Waals surface area contributed by atoms with Gasteiger partial charge in [-0.2, -0.15) is 0 Å². The van der Waals surface area contributed by atoms with Crippen LogP contribution in [0.2, 0.25) is 0 Å². The number of hydrogen-bond acceptors (Lipinski definition) is 5. The van der Waals surface area contributed by atoms with E-state index in [-0.39, 0.29) is 18.0 Å². The Morgan fingerprint density at radius 2 is 1.91 bits per heavy atom. The number of aliphatic hydroxyl groups excluding tert-OH is 1. The highest BCUT2D eigenvalue weighted by molar-refractivity contribution is 5.87. The van der Waals surface area contributed by atoms with Gasteiger partial charge in [0.05, 0.1) is 5.69 Å². The molecule has 2 aromatic rings. The van der Waals surface area contributed by atoms with Crippen molar-refractivity contribution < 1.29 is 24.5 Å². The van der Waals surface area contributed by atoms with Crippen molar-refractivity contribution in [2.24, 2.45) is 0 Å². The first-order chi connectivity index (χ1) is 10.6. The van der Waals surface area contributed by atoms with Crippen molar-refractivity contribution in [1.29, 1.82) is 0 Å². The number of anilines is 1. The third-order valence-electron chi connectivity index (χ3n) is 2.78. The van der Waals surface area contributed by atoms with E-state index in [9.17, 15) is 14.7 Å². The summed E-state index contributed by atoms with van der Waals surface area (Å²) in [5, 5.41) is 20.7. The number of aliphatic carboxylic acids is 1. The van der Waals surface area contributed by atoms with Gasteiger partial charge in [0.25, 0.3) is 0 Å². The standard InChI is InChI=1S/C15H14N2O5/c18-13(14(19)20)12-11(7-4-8-16-12)17-15(21)22-9-10-5-2-1-3-6-10/h1-8,13,18H,9H2,(H,17,21)(H,19,20). The van der Waals surface area contributed by atoms with Crippen LogP contribution in [0.15, 0.2) is 48.7 Å². The molecule has 114 valence electrons. The predicted octanol–water partition coefficient (Wildman–Crippen LogP) is 1.95. The summed E-state index contributed by atoms with van der Waals surface area (Å²) < 4.78 is 5.02. The summed E-state index contributed by atoms with van der Waals surface area (Å²) in [4.78, 5) is 26.3. The van der Waals surface area contributed by atoms with Crippen molar-refractivity contribution in [3.05, 3.63) is 59.9 Å². The lowest BCUT2D eigenvalue weighted by atomic mass is 10.2. The van der Waals surface area contributed by atoms with Crippen LogP contribution in [0.4, 0.5) is 10.5 Å². The minimum absolute atomic E-state index is 0.0732. The molecule has 1 heterocycles. The van der Waals surface area contributed by atoms with Crippen molar-refractivity contribution in [2.45, 2.75) is 12.7 Å². The SMILES string of the molecule is O=C(Nc1cccnc1C(O)C(=O)O)OCc1ccccc1. The Kier molecular flexibility index (Phi) is 5.05. The van der Waals surface area contributed by atoms with Crippen LogP contribution in [0.5, 0.6) is 0 Å². The van der Waals surface area contributed by atoms with Gasteiger partial charge in [0.2, 0.25) is 0 Å². The average Bonchev–Trinajstić information content (AvgIpc) is 2.53. The highest BCUT2D eigenvalue weighted by Crippen LogP contribution is 2.20. The lowest BCUT2D eigenvalue weighted by molar-refractivity contribution is -0.147. The Labute approximate surface area is 126 Å². The Hall–Kier alpha value is -2.93. The molecule has 0 radical (unpaired) electrons. The van der Waals surface area contributed by atoms with Crippen LogP contribution >= 0.6 is 0 Å². The Bertz CT molecular complexity index is 660. The van der Waals surface area contributed by atoms with Crippen LogP contribution in [0.3, 0.4) is 0 Å². The molecule has 7 nitrogen and oxygen atoms in total. The van der Waals surface area contributed by atoms with E-state index in [2.05, 4.69) is 10.3 Å². The molecule has 2 rings (SSSR count). The second kappa shape index (κ2) is 7.19. The van der Waals surface area contributed by atoms with Crippen LogP contribution < -0.4 is 5.32 Å². The number of carbonyl (C=O) groups is 2. The molecule has 0 bridgehead atoms. The van der Waals surface area contributed by atoms with E-state index < -0.39 is 18.2 Å². The summed E-state index contributed by atoms with van der Waals surface area (Å²) in [5.74, 6) is -1.46. The number of nitrogens with one attached hydrogen (secondary N) is 1. The molecule has 0 aliphatic carbocycles. The number of pyridine rings is 1. The summed E-state index contributed by atoms with van der Waals surface area (Å²) >= 11 is 0. The van der Waals surface area contributed by atoms with Crippen LogP contribution in [0, 0.1) is 0 Å². The van der Waals surface area contributed by atoms with Gasteiger partial charge in [0, 0.05) is 6.20 Å². The number of carboxylic acid groups (broad SMARTS) is 1. The molecule has 0 saturated heterocycles. The fourth-order valence-corrected chi connectivity index (χ4v) is 1.73. The number of nitrogens with zero attached hydrogens (tertiary/aromatic N) is 1. The van der Waals surface area contributed by atoms with E-state index in [4.69, 9.17) is 9.84 Å². The van der Waals surface area contributed by atoms with E-state index in [0.717, 1.165) is 5.56 Å². The lowest BCUT2D eigenvalue weighted by Gasteiger charge is -2.12. The molecular formula is C15H14N2O5. The van der Waals surface area contributed by atoms with Gasteiger partial charge in [-0.3, -0.25) is 10.3 Å². The molecule has 7 heteroatoms. The highest BCUT2D eigenvalue weighted by Gasteiger charge is 2.22. The van der Waals surface area contributed by atoms with Crippen molar-refractivity contribution in [2.75, 3.05) is 5.32 Å². The molecule has 1 aromatic heterocycles. The van der Waals surface area contributed by atoms with Gasteiger partial charge < -0.3 is 14.9 Å². The van der Waals surface area contributed by atoms with Gasteiger partial charge in [-0.25, -0.2) is 9.59 Å². The summed E-state index contributed by atoms with van der Waals surface area (Å²) in [7, 11) is 0. The van der Waals surface area contributed by atoms with Crippen molar-refractivity contribution in [3.63, 3.8) is 0 Å². The minimum Gasteiger partial charge on any atom is -0.479 e. The van der Waals surface area contributed by atoms with E-state index in [0.29, 0.717) is 0 Å². The van der Waals surface area contributed by atoms with Crippen molar-refractivity contribution in [3.8, 4) is 0 Å². The molecule has 0 saturated carbocycles. The maximum atomic E-state index is 11.7. The zero-order valence-corrected chi connectivity index (χ0v) is 11.5. The van der Waals surface area contributed by atoms with E-state index >= 15 is 0 Å². The number of ether oxygens (including phenoxy) is 1. The number of carbonyl (C=O) groups excluding carboxylic acids is 1. The number of aliphatic hydroxyl groups is 1. The zero-order chi connectivity index (χ0) is 15.9. The van der Waals surface area contributed by atoms with Crippen LogP contribution in [0.1, 0.15) is 17.4 Å². The molecule has 3 N–H and O–H groups in total. The second-order valence-corrected chi connectivity index (χ2v) is 4.36. The van der Waals surface area contributed by atoms with Gasteiger partial charge >= 0.3 is 12.1 Å². The molecule has 0 aliphatic rings. The molecule has 1 amide bonds. The summed E-state index contributed by atoms with van der Waals surface area (Å²) in [6, 6.07) is 12.0. The minimum atomic E-state index is -1.83. The topological polar surface area (TPSA) is 109 Å². The van der Waals surface area contributed by atoms with Crippen molar-refractivity contribution in [1.82, 2.24) is 4.98 Å². The number of benzene rings is 1. The van der Waals surface area contributed by atoms with Gasteiger partial charge in [0.15, 0.2) is 6.10 Å². The van der Waals surface area contributed by atoms with Crippen LogP contribution in [-0.2, 0) is 16.1 Å². The maximum Gasteiger partial charge on any atom is 0.412 e. The molecule has 0 fully saturated rings. The van der Waals surface area contributed by atoms with Gasteiger partial charge in [-0.1, -0.05) is 30.3 Å². The summed E-state index contributed by atoms with van der Waals surface area (Å²) in [5.41, 5.74) is 0.733. The largest absolute Gasteiger partial charge is 0.479 e. The normalized spacial score (nSPS) is 11.5. The first kappa shape index (κ1) is 15.5. The average molecular weight is 302 g/mol. The van der Waals surface area contributed by atoms with E-state index in [1.54, 1.807) is 12.1 Å². The molecule has 1 atom stereocenters. The van der Waals surface area contributed by atoms with Gasteiger partial charge in [0.1, 0.15) is 12.3 Å². The van der Waals surface area contributed by atoms with E-state index in [1.807, 2.05) is 18.2 Å². The molecule has 22 heavy (non-hydrogen) atoms. The maximum absolute atomic E-state index is 11.7. The van der Waals surface area contributed by atoms with Gasteiger partial charge in [-0.05, 0) is 17.7 Å². The molecule has 0 spiro atoms. The second-order valence-electron chi connectivity index (χ2n) is 4.36. The number of amides is 1. The Morgan fingerprint density at radius 1 is 1.18 bits per heavy atom. The van der Waals surface area contributed by atoms with Crippen LogP contribution in [0.25, 0.3) is 0 Å². The smallest absolute Gasteiger partial charge is 0.412 e. The van der Waals surface area contributed by atoms with Crippen LogP contribution in [-0.4, -0.2) is 27.3 Å². The zero-order valence-electron chi connectivity index (χ0n) is 11.5. The number of aromatic nitrogens is 1. The third kappa shape index (κ3) is 4.03. The fourth-order valence-electron chi connectivity index (χ4n) is 1.73. The van der Waals surface area contributed by atoms with Gasteiger partial charge in [-0.15, -0.1) is 0 Å². The first-order valence-corrected chi connectivity index (χ1v) is 6.41. The molecular weight excluding hydrogens is 288 g/mol. The number of rotatable bonds is 5. The predicted molar refractivity (Wildman–Crippen MR) is 77.1 cm³/mol. The Morgan fingerprint density at radius 3 is 2.59 bits per heavy atom. The van der Waals surface area contributed by atoms with Crippen molar-refractivity contribution >= 4 is 17.7 Å². The molecule has 1 unspecified atom stereocenters. The van der Waals surface area contributed by atoms with E-state index in [1.165, 1.54) is 18.3 Å². The number of hydrogen-bond donors (Lipinski definition) is 3. The molecule has 1 aromatic carbocycles.